The van der Waals surface area contributed by atoms with Gasteiger partial charge in [-0.15, -0.1) is 0 Å². The normalized spacial score (nSPS) is 15.5. The number of rotatable bonds is 1. The molecule has 5 nitrogen and oxygen atoms in total. The Hall–Kier alpha value is -1.76. The fraction of sp³-hybridized carbons (Fsp3) is 0.500. The van der Waals surface area contributed by atoms with Gasteiger partial charge >= 0.3 is 0 Å². The summed E-state index contributed by atoms with van der Waals surface area (Å²) in [5.41, 5.74) is 14.6. The number of nitrogens with two attached hydrogens (primary N) is 3. The van der Waals surface area contributed by atoms with Gasteiger partial charge in [-0.2, -0.15) is 9.37 Å². The lowest BCUT2D eigenvalue weighted by Crippen LogP contribution is -2.22. The first kappa shape index (κ1) is 15.3. The molecule has 6 N–H and O–H groups in total. The summed E-state index contributed by atoms with van der Waals surface area (Å²) >= 11 is 0. The first-order valence-electron chi connectivity index (χ1n) is 6.08. The van der Waals surface area contributed by atoms with Gasteiger partial charge in [0.15, 0.2) is 11.6 Å². The quantitative estimate of drug-likeness (QED) is 0.670. The molecule has 0 atom stereocenters. The van der Waals surface area contributed by atoms with Gasteiger partial charge in [-0.25, -0.2) is 4.39 Å². The predicted molar refractivity (Wildman–Crippen MR) is 68.1 cm³/mol. The van der Waals surface area contributed by atoms with Crippen LogP contribution in [0, 0.1) is 11.8 Å². The Labute approximate surface area is 110 Å². The summed E-state index contributed by atoms with van der Waals surface area (Å²) < 4.78 is 25.2. The number of pyridine rings is 1. The lowest BCUT2D eigenvalue weighted by Gasteiger charge is -2.15. The lowest BCUT2D eigenvalue weighted by atomic mass is 9.97. The average molecular weight is 272 g/mol. The van der Waals surface area contributed by atoms with Crippen LogP contribution in [0.25, 0.3) is 0 Å². The zero-order chi connectivity index (χ0) is 14.4. The van der Waals surface area contributed by atoms with Gasteiger partial charge in [-0.3, -0.25) is 4.79 Å². The van der Waals surface area contributed by atoms with Crippen molar-refractivity contribution in [1.82, 2.24) is 4.98 Å². The third-order valence-electron chi connectivity index (χ3n) is 2.87. The van der Waals surface area contributed by atoms with Crippen LogP contribution in [0.15, 0.2) is 6.07 Å². The zero-order valence-electron chi connectivity index (χ0n) is 10.5. The molecule has 1 aliphatic rings. The van der Waals surface area contributed by atoms with E-state index in [4.69, 9.17) is 17.2 Å². The molecule has 1 heterocycles. The summed E-state index contributed by atoms with van der Waals surface area (Å²) in [6.07, 6.45) is 6.66. The molecule has 0 saturated heterocycles. The van der Waals surface area contributed by atoms with E-state index in [9.17, 15) is 13.6 Å². The molecule has 0 spiro atoms. The number of halogens is 2. The Kier molecular flexibility index (Phi) is 5.62. The summed E-state index contributed by atoms with van der Waals surface area (Å²) in [6, 6.07) is 1.15. The van der Waals surface area contributed by atoms with Crippen LogP contribution in [0.2, 0.25) is 0 Å². The molecule has 1 amide bonds. The van der Waals surface area contributed by atoms with Crippen molar-refractivity contribution in [3.8, 4) is 0 Å². The Balaban J connectivity index is 0.000000218. The van der Waals surface area contributed by atoms with Gasteiger partial charge in [0.25, 0.3) is 5.91 Å². The van der Waals surface area contributed by atoms with E-state index in [0.717, 1.165) is 0 Å². The summed E-state index contributed by atoms with van der Waals surface area (Å²) in [5.74, 6) is -3.82. The number of hydrogen-bond acceptors (Lipinski definition) is 4. The molecule has 1 fully saturated rings. The lowest BCUT2D eigenvalue weighted by molar-refractivity contribution is 0.0995. The summed E-state index contributed by atoms with van der Waals surface area (Å²) in [6.45, 7) is 0. The van der Waals surface area contributed by atoms with E-state index in [1.165, 1.54) is 32.1 Å². The Morgan fingerprint density at radius 3 is 2.26 bits per heavy atom. The van der Waals surface area contributed by atoms with Gasteiger partial charge in [0.2, 0.25) is 5.95 Å². The van der Waals surface area contributed by atoms with Crippen molar-refractivity contribution in [3.63, 3.8) is 0 Å². The number of nitrogen functional groups attached to an aromatic ring is 1. The second-order valence-electron chi connectivity index (χ2n) is 4.46. The second kappa shape index (κ2) is 6.98. The number of carbonyl (C=O) groups is 1. The molecule has 2 rings (SSSR count). The highest BCUT2D eigenvalue weighted by Crippen LogP contribution is 2.14. The van der Waals surface area contributed by atoms with Crippen LogP contribution in [0.4, 0.5) is 14.6 Å². The van der Waals surface area contributed by atoms with Crippen molar-refractivity contribution < 1.29 is 13.6 Å². The summed E-state index contributed by atoms with van der Waals surface area (Å²) in [4.78, 5) is 13.3. The smallest absolute Gasteiger partial charge is 0.253 e. The molecule has 1 aromatic rings. The van der Waals surface area contributed by atoms with Crippen molar-refractivity contribution in [2.45, 2.75) is 38.1 Å². The van der Waals surface area contributed by atoms with Gasteiger partial charge < -0.3 is 17.2 Å². The van der Waals surface area contributed by atoms with Gasteiger partial charge in [0.1, 0.15) is 0 Å². The number of carbonyl (C=O) groups excluding carboxylic acids is 1. The van der Waals surface area contributed by atoms with E-state index in [1.807, 2.05) is 0 Å². The number of aromatic nitrogens is 1. The highest BCUT2D eigenvalue weighted by molar-refractivity contribution is 5.92. The maximum atomic E-state index is 12.6. The third-order valence-corrected chi connectivity index (χ3v) is 2.87. The molecule has 0 radical (unpaired) electrons. The molecule has 1 aliphatic carbocycles. The van der Waals surface area contributed by atoms with Crippen molar-refractivity contribution in [1.29, 1.82) is 0 Å². The fourth-order valence-electron chi connectivity index (χ4n) is 1.79. The summed E-state index contributed by atoms with van der Waals surface area (Å²) in [5, 5.41) is 0. The van der Waals surface area contributed by atoms with Crippen LogP contribution in [0.3, 0.4) is 0 Å². The molecule has 19 heavy (non-hydrogen) atoms. The second-order valence-corrected chi connectivity index (χ2v) is 4.46. The van der Waals surface area contributed by atoms with Crippen LogP contribution in [0.5, 0.6) is 0 Å². The zero-order valence-corrected chi connectivity index (χ0v) is 10.5. The van der Waals surface area contributed by atoms with Gasteiger partial charge in [-0.05, 0) is 18.9 Å². The van der Waals surface area contributed by atoms with Crippen LogP contribution < -0.4 is 17.2 Å². The van der Waals surface area contributed by atoms with Crippen molar-refractivity contribution in [2.24, 2.45) is 11.5 Å². The third kappa shape index (κ3) is 4.78. The minimum Gasteiger partial charge on any atom is -0.381 e. The van der Waals surface area contributed by atoms with Crippen LogP contribution >= 0.6 is 0 Å². The van der Waals surface area contributed by atoms with Crippen molar-refractivity contribution >= 4 is 11.7 Å². The highest BCUT2D eigenvalue weighted by atomic mass is 19.1. The van der Waals surface area contributed by atoms with E-state index in [1.54, 1.807) is 0 Å². The van der Waals surface area contributed by atoms with Gasteiger partial charge in [-0.1, -0.05) is 19.3 Å². The Morgan fingerprint density at radius 1 is 1.26 bits per heavy atom. The topological polar surface area (TPSA) is 108 Å². The van der Waals surface area contributed by atoms with Gasteiger partial charge in [0, 0.05) is 6.04 Å². The number of anilines is 1. The monoisotopic (exact) mass is 272 g/mol. The standard InChI is InChI=1S/C6H5F2N3O.C6H13N/c7-3-1-2(6(10)12)4(8)11-5(3)9;7-6-4-2-1-3-5-6/h1H,(H2,9,11)(H2,10,12);6H,1-5,7H2. The van der Waals surface area contributed by atoms with Crippen LogP contribution in [-0.4, -0.2) is 16.9 Å². The molecule has 0 bridgehead atoms. The molecule has 1 saturated carbocycles. The molecule has 0 unspecified atom stereocenters. The first-order valence-corrected chi connectivity index (χ1v) is 6.08. The largest absolute Gasteiger partial charge is 0.381 e. The fourth-order valence-corrected chi connectivity index (χ4v) is 1.79. The van der Waals surface area contributed by atoms with E-state index in [0.29, 0.717) is 12.1 Å². The predicted octanol–water partition coefficient (Wildman–Crippen LogP) is 1.32. The van der Waals surface area contributed by atoms with E-state index < -0.39 is 29.1 Å². The molecule has 1 aromatic heterocycles. The molecule has 0 aliphatic heterocycles. The Morgan fingerprint density at radius 2 is 1.84 bits per heavy atom. The van der Waals surface area contributed by atoms with Gasteiger partial charge in [0.05, 0.1) is 5.56 Å². The van der Waals surface area contributed by atoms with E-state index >= 15 is 0 Å². The minimum atomic E-state index is -1.17. The molecule has 106 valence electrons. The highest BCUT2D eigenvalue weighted by Gasteiger charge is 2.13. The first-order chi connectivity index (χ1) is 8.91. The van der Waals surface area contributed by atoms with Crippen LogP contribution in [0.1, 0.15) is 42.5 Å². The van der Waals surface area contributed by atoms with Crippen LogP contribution in [-0.2, 0) is 0 Å². The van der Waals surface area contributed by atoms with E-state index in [2.05, 4.69) is 4.98 Å². The number of primary amides is 1. The van der Waals surface area contributed by atoms with Crippen molar-refractivity contribution in [2.75, 3.05) is 5.73 Å². The molecular formula is C12H18F2N4O. The SMILES string of the molecule is NC(=O)c1cc(F)c(N)nc1F.NC1CCCCC1. The number of nitrogens with zero attached hydrogens (tertiary/aromatic N) is 1. The number of amides is 1. The maximum Gasteiger partial charge on any atom is 0.253 e. The van der Waals surface area contributed by atoms with Crippen molar-refractivity contribution in [3.05, 3.63) is 23.4 Å². The molecule has 7 heteroatoms. The minimum absolute atomic E-state index is 0.536. The average Bonchev–Trinajstić information content (AvgIpc) is 2.35. The Bertz CT molecular complexity index is 448. The van der Waals surface area contributed by atoms with E-state index in [-0.39, 0.29) is 0 Å². The molecule has 0 aromatic carbocycles. The number of hydrogen-bond donors (Lipinski definition) is 3. The summed E-state index contributed by atoms with van der Waals surface area (Å²) in [7, 11) is 0. The maximum absolute atomic E-state index is 12.6. The molecular weight excluding hydrogens is 254 g/mol.